The van der Waals surface area contributed by atoms with Gasteiger partial charge in [0.15, 0.2) is 0 Å². The molecule has 1 saturated carbocycles. The lowest BCUT2D eigenvalue weighted by molar-refractivity contribution is -0.131. The Morgan fingerprint density at radius 2 is 2.06 bits per heavy atom. The number of carbonyl (C=O) groups is 1. The summed E-state index contributed by atoms with van der Waals surface area (Å²) >= 11 is 0. The fourth-order valence-electron chi connectivity index (χ4n) is 4.25. The minimum Gasteiger partial charge on any atom is -0.487 e. The van der Waals surface area contributed by atoms with E-state index in [1.165, 1.54) is 4.31 Å². The third-order valence-corrected chi connectivity index (χ3v) is 8.72. The molecule has 1 aliphatic carbocycles. The number of aromatic nitrogens is 1. The van der Waals surface area contributed by atoms with Crippen molar-refractivity contribution in [1.82, 2.24) is 14.2 Å². The van der Waals surface area contributed by atoms with Crippen LogP contribution < -0.4 is 4.74 Å². The normalized spacial score (nSPS) is 23.2. The van der Waals surface area contributed by atoms with Gasteiger partial charge in [-0.2, -0.15) is 4.31 Å². The van der Waals surface area contributed by atoms with Gasteiger partial charge in [0.05, 0.1) is 13.2 Å². The molecular formula is C25H33N3O5S. The monoisotopic (exact) mass is 487 g/mol. The fraction of sp³-hybridized carbons (Fsp3) is 0.520. The number of ether oxygens (including phenoxy) is 1. The van der Waals surface area contributed by atoms with E-state index in [4.69, 9.17) is 4.74 Å². The minimum absolute atomic E-state index is 0.0595. The van der Waals surface area contributed by atoms with Crippen LogP contribution in [0.5, 0.6) is 5.75 Å². The molecule has 1 aromatic carbocycles. The van der Waals surface area contributed by atoms with Crippen LogP contribution in [0.3, 0.4) is 0 Å². The zero-order valence-corrected chi connectivity index (χ0v) is 20.7. The van der Waals surface area contributed by atoms with E-state index in [0.717, 1.165) is 24.0 Å². The van der Waals surface area contributed by atoms with E-state index < -0.39 is 22.2 Å². The summed E-state index contributed by atoms with van der Waals surface area (Å²) in [7, 11) is -2.13. The van der Waals surface area contributed by atoms with Crippen LogP contribution in [0, 0.1) is 11.8 Å². The Morgan fingerprint density at radius 1 is 1.29 bits per heavy atom. The Morgan fingerprint density at radius 3 is 2.71 bits per heavy atom. The standard InChI is InChI=1S/C25H33N3O5S/c1-17-14-28(18(2)16-29)34(31,32)24-9-8-20(21-5-4-10-26-13-21)12-22(24)33-23(17)15-27(3)25(30)11-19-6-7-19/h4-5,8-10,12-13,17-19,23,29H,6-7,11,14-16H2,1-3H3/t17-,18-,23-/m0/s1. The van der Waals surface area contributed by atoms with Crippen molar-refractivity contribution < 1.29 is 23.1 Å². The summed E-state index contributed by atoms with van der Waals surface area (Å²) in [6.45, 7) is 3.86. The number of hydrogen-bond donors (Lipinski definition) is 1. The summed E-state index contributed by atoms with van der Waals surface area (Å²) in [5.41, 5.74) is 1.63. The first-order valence-electron chi connectivity index (χ1n) is 11.8. The fourth-order valence-corrected chi connectivity index (χ4v) is 6.08. The van der Waals surface area contributed by atoms with Crippen LogP contribution in [-0.4, -0.2) is 72.5 Å². The number of likely N-dealkylation sites (N-methyl/N-ethyl adjacent to an activating group) is 1. The summed E-state index contributed by atoms with van der Waals surface area (Å²) in [6.07, 6.45) is 5.72. The number of hydrogen-bond acceptors (Lipinski definition) is 6. The summed E-state index contributed by atoms with van der Waals surface area (Å²) in [5, 5.41) is 9.79. The third-order valence-electron chi connectivity index (χ3n) is 6.70. The Kier molecular flexibility index (Phi) is 7.25. The van der Waals surface area contributed by atoms with Crippen molar-refractivity contribution in [1.29, 1.82) is 0 Å². The predicted octanol–water partition coefficient (Wildman–Crippen LogP) is 2.78. The molecular weight excluding hydrogens is 454 g/mol. The molecule has 34 heavy (non-hydrogen) atoms. The average molecular weight is 488 g/mol. The largest absolute Gasteiger partial charge is 0.487 e. The first-order valence-corrected chi connectivity index (χ1v) is 13.2. The molecule has 0 bridgehead atoms. The molecule has 0 radical (unpaired) electrons. The number of sulfonamides is 1. The maximum Gasteiger partial charge on any atom is 0.247 e. The summed E-state index contributed by atoms with van der Waals surface area (Å²) in [6, 6.07) is 8.15. The molecule has 1 fully saturated rings. The Bertz CT molecular complexity index is 1120. The van der Waals surface area contributed by atoms with Gasteiger partial charge in [0.1, 0.15) is 16.7 Å². The molecule has 0 spiro atoms. The molecule has 9 heteroatoms. The third kappa shape index (κ3) is 5.26. The van der Waals surface area contributed by atoms with Gasteiger partial charge in [0.25, 0.3) is 0 Å². The molecule has 2 heterocycles. The highest BCUT2D eigenvalue weighted by molar-refractivity contribution is 7.89. The Balaban J connectivity index is 1.72. The molecule has 8 nitrogen and oxygen atoms in total. The molecule has 0 unspecified atom stereocenters. The van der Waals surface area contributed by atoms with Crippen molar-refractivity contribution in [3.8, 4) is 16.9 Å². The van der Waals surface area contributed by atoms with Crippen molar-refractivity contribution in [2.75, 3.05) is 26.7 Å². The number of nitrogens with zero attached hydrogens (tertiary/aromatic N) is 3. The van der Waals surface area contributed by atoms with Crippen molar-refractivity contribution in [2.24, 2.45) is 11.8 Å². The lowest BCUT2D eigenvalue weighted by Crippen LogP contribution is -2.50. The molecule has 1 N–H and O–H groups in total. The second-order valence-corrected chi connectivity index (χ2v) is 11.4. The molecule has 4 rings (SSSR count). The minimum atomic E-state index is -3.91. The van der Waals surface area contributed by atoms with Gasteiger partial charge in [0, 0.05) is 49.9 Å². The number of aliphatic hydroxyl groups is 1. The highest BCUT2D eigenvalue weighted by Crippen LogP contribution is 2.37. The Labute approximate surface area is 201 Å². The lowest BCUT2D eigenvalue weighted by atomic mass is 10.0. The van der Waals surface area contributed by atoms with Gasteiger partial charge in [-0.1, -0.05) is 19.1 Å². The summed E-state index contributed by atoms with van der Waals surface area (Å²) in [4.78, 5) is 18.6. The van der Waals surface area contributed by atoms with Gasteiger partial charge >= 0.3 is 0 Å². The highest BCUT2D eigenvalue weighted by atomic mass is 32.2. The van der Waals surface area contributed by atoms with Crippen molar-refractivity contribution in [3.05, 3.63) is 42.7 Å². The Hall–Kier alpha value is -2.49. The average Bonchev–Trinajstić information content (AvgIpc) is 3.65. The number of aliphatic hydroxyl groups excluding tert-OH is 1. The van der Waals surface area contributed by atoms with Crippen LogP contribution >= 0.6 is 0 Å². The molecule has 1 amide bonds. The number of amides is 1. The molecule has 184 valence electrons. The number of fused-ring (bicyclic) bond motifs is 1. The van der Waals surface area contributed by atoms with Crippen LogP contribution in [0.15, 0.2) is 47.6 Å². The molecule has 3 atom stereocenters. The van der Waals surface area contributed by atoms with Gasteiger partial charge < -0.3 is 14.7 Å². The van der Waals surface area contributed by atoms with Crippen molar-refractivity contribution in [2.45, 2.75) is 50.2 Å². The van der Waals surface area contributed by atoms with Crippen LogP contribution in [0.2, 0.25) is 0 Å². The van der Waals surface area contributed by atoms with Crippen LogP contribution in [0.25, 0.3) is 11.1 Å². The number of rotatable bonds is 7. The van der Waals surface area contributed by atoms with E-state index in [1.807, 2.05) is 19.1 Å². The first kappa shape index (κ1) is 24.6. The van der Waals surface area contributed by atoms with Gasteiger partial charge in [-0.05, 0) is 49.4 Å². The maximum atomic E-state index is 13.6. The highest BCUT2D eigenvalue weighted by Gasteiger charge is 2.38. The quantitative estimate of drug-likeness (QED) is 0.645. The van der Waals surface area contributed by atoms with Crippen LogP contribution in [-0.2, 0) is 14.8 Å². The lowest BCUT2D eigenvalue weighted by Gasteiger charge is -2.37. The number of benzene rings is 1. The topological polar surface area (TPSA) is 100 Å². The number of pyridine rings is 1. The van der Waals surface area contributed by atoms with Crippen LogP contribution in [0.4, 0.5) is 0 Å². The van der Waals surface area contributed by atoms with E-state index in [9.17, 15) is 18.3 Å². The zero-order valence-electron chi connectivity index (χ0n) is 19.9. The zero-order chi connectivity index (χ0) is 24.5. The van der Waals surface area contributed by atoms with Crippen molar-refractivity contribution >= 4 is 15.9 Å². The summed E-state index contributed by atoms with van der Waals surface area (Å²) in [5.74, 6) is 0.601. The number of carbonyl (C=O) groups excluding carboxylic acids is 1. The van der Waals surface area contributed by atoms with Gasteiger partial charge in [-0.25, -0.2) is 8.42 Å². The molecule has 0 saturated heterocycles. The molecule has 2 aliphatic rings. The first-order chi connectivity index (χ1) is 16.2. The molecule has 1 aliphatic heterocycles. The second-order valence-electron chi connectivity index (χ2n) is 9.56. The SMILES string of the molecule is C[C@H]1CN([C@@H](C)CO)S(=O)(=O)c2ccc(-c3cccnc3)cc2O[C@H]1CN(C)C(=O)CC1CC1. The maximum absolute atomic E-state index is 13.6. The second kappa shape index (κ2) is 10.0. The van der Waals surface area contributed by atoms with E-state index in [-0.39, 0.29) is 35.6 Å². The van der Waals surface area contributed by atoms with E-state index in [2.05, 4.69) is 4.98 Å². The van der Waals surface area contributed by atoms with E-state index in [1.54, 1.807) is 49.5 Å². The smallest absolute Gasteiger partial charge is 0.247 e. The predicted molar refractivity (Wildman–Crippen MR) is 129 cm³/mol. The van der Waals surface area contributed by atoms with Gasteiger partial charge in [-0.3, -0.25) is 9.78 Å². The van der Waals surface area contributed by atoms with Crippen LogP contribution in [0.1, 0.15) is 33.1 Å². The molecule has 1 aromatic heterocycles. The van der Waals surface area contributed by atoms with Gasteiger partial charge in [0.2, 0.25) is 15.9 Å². The van der Waals surface area contributed by atoms with E-state index in [0.29, 0.717) is 18.9 Å². The van der Waals surface area contributed by atoms with Crippen molar-refractivity contribution in [3.63, 3.8) is 0 Å². The van der Waals surface area contributed by atoms with E-state index >= 15 is 0 Å². The van der Waals surface area contributed by atoms with Gasteiger partial charge in [-0.15, -0.1) is 0 Å². The molecule has 2 aromatic rings. The summed E-state index contributed by atoms with van der Waals surface area (Å²) < 4.78 is 34.9.